The number of benzene rings is 1. The summed E-state index contributed by atoms with van der Waals surface area (Å²) in [5.74, 6) is -1.42. The molecule has 1 aromatic carbocycles. The Morgan fingerprint density at radius 2 is 1.13 bits per heavy atom. The van der Waals surface area contributed by atoms with Crippen LogP contribution in [0.15, 0.2) is 18.2 Å². The SMILES string of the molecule is Cc1ccc(CCCCCCC(C)(C)C(=O)O)c(CCCCCC(C)(C)C(=O)O)c1. The maximum absolute atomic E-state index is 11.2. The van der Waals surface area contributed by atoms with Gasteiger partial charge in [0.05, 0.1) is 10.8 Å². The lowest BCUT2D eigenvalue weighted by molar-refractivity contribution is -0.148. The molecule has 0 saturated carbocycles. The number of unbranched alkanes of at least 4 members (excludes halogenated alkanes) is 5. The second kappa shape index (κ2) is 12.1. The Morgan fingerprint density at radius 3 is 1.63 bits per heavy atom. The summed E-state index contributed by atoms with van der Waals surface area (Å²) in [6.07, 6.45) is 11.0. The zero-order valence-electron chi connectivity index (χ0n) is 19.7. The number of carbonyl (C=O) groups is 2. The number of carboxylic acids is 2. The van der Waals surface area contributed by atoms with Gasteiger partial charge in [0.15, 0.2) is 0 Å². The first-order valence-electron chi connectivity index (χ1n) is 11.5. The van der Waals surface area contributed by atoms with E-state index in [1.165, 1.54) is 16.7 Å². The zero-order valence-corrected chi connectivity index (χ0v) is 19.7. The number of aryl methyl sites for hydroxylation is 3. The van der Waals surface area contributed by atoms with Gasteiger partial charge in [0.2, 0.25) is 0 Å². The van der Waals surface area contributed by atoms with Crippen molar-refractivity contribution in [2.24, 2.45) is 10.8 Å². The first-order chi connectivity index (χ1) is 14.0. The Kier molecular flexibility index (Phi) is 10.6. The summed E-state index contributed by atoms with van der Waals surface area (Å²) < 4.78 is 0. The van der Waals surface area contributed by atoms with Gasteiger partial charge in [0.1, 0.15) is 0 Å². The molecule has 30 heavy (non-hydrogen) atoms. The Balaban J connectivity index is 2.39. The second-order valence-corrected chi connectivity index (χ2v) is 10.1. The van der Waals surface area contributed by atoms with Crippen molar-refractivity contribution in [1.29, 1.82) is 0 Å². The van der Waals surface area contributed by atoms with Gasteiger partial charge < -0.3 is 10.2 Å². The Bertz CT molecular complexity index is 688. The van der Waals surface area contributed by atoms with Crippen molar-refractivity contribution in [3.63, 3.8) is 0 Å². The van der Waals surface area contributed by atoms with Crippen LogP contribution in [-0.4, -0.2) is 22.2 Å². The molecule has 0 bridgehead atoms. The van der Waals surface area contributed by atoms with E-state index in [4.69, 9.17) is 0 Å². The molecule has 0 saturated heterocycles. The van der Waals surface area contributed by atoms with Crippen LogP contribution >= 0.6 is 0 Å². The van der Waals surface area contributed by atoms with Crippen LogP contribution in [-0.2, 0) is 22.4 Å². The van der Waals surface area contributed by atoms with E-state index in [9.17, 15) is 19.8 Å². The second-order valence-electron chi connectivity index (χ2n) is 10.1. The van der Waals surface area contributed by atoms with E-state index in [0.29, 0.717) is 0 Å². The standard InChI is InChI=1S/C26H42O4/c1-20-15-16-21(13-9-6-7-11-17-25(2,3)23(27)28)22(19-20)14-10-8-12-18-26(4,5)24(29)30/h15-16,19H,6-14,17-18H2,1-5H3,(H,27,28)(H,29,30). The van der Waals surface area contributed by atoms with Crippen molar-refractivity contribution in [2.45, 2.75) is 105 Å². The summed E-state index contributed by atoms with van der Waals surface area (Å²) >= 11 is 0. The number of carboxylic acid groups (broad SMARTS) is 2. The van der Waals surface area contributed by atoms with Crippen LogP contribution in [0, 0.1) is 17.8 Å². The molecule has 0 aliphatic rings. The van der Waals surface area contributed by atoms with Crippen LogP contribution in [0.2, 0.25) is 0 Å². The van der Waals surface area contributed by atoms with Crippen LogP contribution in [0.1, 0.15) is 102 Å². The third kappa shape index (κ3) is 9.32. The Morgan fingerprint density at radius 1 is 0.700 bits per heavy atom. The predicted molar refractivity (Wildman–Crippen MR) is 123 cm³/mol. The highest BCUT2D eigenvalue weighted by Gasteiger charge is 2.26. The lowest BCUT2D eigenvalue weighted by Crippen LogP contribution is -2.23. The molecular formula is C26H42O4. The van der Waals surface area contributed by atoms with E-state index in [1.807, 2.05) is 0 Å². The lowest BCUT2D eigenvalue weighted by Gasteiger charge is -2.18. The van der Waals surface area contributed by atoms with E-state index in [-0.39, 0.29) is 0 Å². The van der Waals surface area contributed by atoms with E-state index in [2.05, 4.69) is 25.1 Å². The van der Waals surface area contributed by atoms with Crippen LogP contribution < -0.4 is 0 Å². The highest BCUT2D eigenvalue weighted by atomic mass is 16.4. The third-order valence-electron chi connectivity index (χ3n) is 6.27. The van der Waals surface area contributed by atoms with Crippen molar-refractivity contribution in [3.8, 4) is 0 Å². The molecule has 0 atom stereocenters. The van der Waals surface area contributed by atoms with E-state index in [0.717, 1.165) is 70.6 Å². The van der Waals surface area contributed by atoms with Gasteiger partial charge in [-0.15, -0.1) is 0 Å². The average molecular weight is 419 g/mol. The van der Waals surface area contributed by atoms with Gasteiger partial charge >= 0.3 is 11.9 Å². The molecule has 0 spiro atoms. The number of rotatable bonds is 15. The van der Waals surface area contributed by atoms with Gasteiger partial charge in [-0.05, 0) is 84.3 Å². The van der Waals surface area contributed by atoms with Gasteiger partial charge in [0.25, 0.3) is 0 Å². The molecular weight excluding hydrogens is 376 g/mol. The highest BCUT2D eigenvalue weighted by Crippen LogP contribution is 2.26. The minimum absolute atomic E-state index is 0.621. The van der Waals surface area contributed by atoms with Gasteiger partial charge in [-0.2, -0.15) is 0 Å². The first kappa shape index (κ1) is 26.2. The molecule has 0 aliphatic heterocycles. The van der Waals surface area contributed by atoms with Crippen molar-refractivity contribution in [1.82, 2.24) is 0 Å². The number of hydrogen-bond donors (Lipinski definition) is 2. The van der Waals surface area contributed by atoms with Gasteiger partial charge in [-0.25, -0.2) is 0 Å². The molecule has 170 valence electrons. The molecule has 4 heteroatoms. The summed E-state index contributed by atoms with van der Waals surface area (Å²) in [6, 6.07) is 6.74. The number of hydrogen-bond acceptors (Lipinski definition) is 2. The fraction of sp³-hybridized carbons (Fsp3) is 0.692. The molecule has 1 aromatic rings. The van der Waals surface area contributed by atoms with Crippen LogP contribution in [0.5, 0.6) is 0 Å². The normalized spacial score (nSPS) is 12.2. The van der Waals surface area contributed by atoms with E-state index in [1.54, 1.807) is 27.7 Å². The molecule has 0 radical (unpaired) electrons. The Labute approximate surface area is 183 Å². The molecule has 1 rings (SSSR count). The molecule has 2 N–H and O–H groups in total. The van der Waals surface area contributed by atoms with Gasteiger partial charge in [-0.3, -0.25) is 9.59 Å². The summed E-state index contributed by atoms with van der Waals surface area (Å²) in [6.45, 7) is 9.34. The number of aliphatic carboxylic acids is 2. The van der Waals surface area contributed by atoms with Crippen LogP contribution in [0.25, 0.3) is 0 Å². The highest BCUT2D eigenvalue weighted by molar-refractivity contribution is 5.73. The smallest absolute Gasteiger partial charge is 0.309 e. The molecule has 4 nitrogen and oxygen atoms in total. The summed E-state index contributed by atoms with van der Waals surface area (Å²) in [5, 5.41) is 18.4. The van der Waals surface area contributed by atoms with Crippen molar-refractivity contribution in [2.75, 3.05) is 0 Å². The van der Waals surface area contributed by atoms with Crippen LogP contribution in [0.4, 0.5) is 0 Å². The minimum atomic E-state index is -0.713. The lowest BCUT2D eigenvalue weighted by atomic mass is 9.86. The topological polar surface area (TPSA) is 74.6 Å². The molecule has 0 heterocycles. The zero-order chi connectivity index (χ0) is 22.8. The summed E-state index contributed by atoms with van der Waals surface area (Å²) in [4.78, 5) is 22.4. The van der Waals surface area contributed by atoms with Gasteiger partial charge in [0, 0.05) is 0 Å². The maximum Gasteiger partial charge on any atom is 0.309 e. The summed E-state index contributed by atoms with van der Waals surface area (Å²) in [7, 11) is 0. The molecule has 0 aromatic heterocycles. The molecule has 0 fully saturated rings. The fourth-order valence-corrected chi connectivity index (χ4v) is 3.74. The van der Waals surface area contributed by atoms with E-state index < -0.39 is 22.8 Å². The monoisotopic (exact) mass is 418 g/mol. The first-order valence-corrected chi connectivity index (χ1v) is 11.5. The molecule has 0 aliphatic carbocycles. The predicted octanol–water partition coefficient (Wildman–Crippen LogP) is 6.81. The third-order valence-corrected chi connectivity index (χ3v) is 6.27. The quantitative estimate of drug-likeness (QED) is 0.307. The largest absolute Gasteiger partial charge is 0.481 e. The van der Waals surface area contributed by atoms with Crippen LogP contribution in [0.3, 0.4) is 0 Å². The average Bonchev–Trinajstić information content (AvgIpc) is 2.65. The molecule has 0 amide bonds. The Hall–Kier alpha value is -1.84. The van der Waals surface area contributed by atoms with Crippen molar-refractivity contribution in [3.05, 3.63) is 34.9 Å². The summed E-state index contributed by atoms with van der Waals surface area (Å²) in [5.41, 5.74) is 2.89. The molecule has 0 unspecified atom stereocenters. The van der Waals surface area contributed by atoms with Crippen molar-refractivity contribution >= 4 is 11.9 Å². The van der Waals surface area contributed by atoms with E-state index >= 15 is 0 Å². The van der Waals surface area contributed by atoms with Gasteiger partial charge in [-0.1, -0.05) is 55.9 Å². The minimum Gasteiger partial charge on any atom is -0.481 e. The fourth-order valence-electron chi connectivity index (χ4n) is 3.74. The maximum atomic E-state index is 11.2. The van der Waals surface area contributed by atoms with Crippen molar-refractivity contribution < 1.29 is 19.8 Å².